The minimum atomic E-state index is -0.714. The molecular weight excluding hydrogens is 425 g/mol. The van der Waals surface area contributed by atoms with Crippen LogP contribution in [0, 0.1) is 5.82 Å². The van der Waals surface area contributed by atoms with Gasteiger partial charge in [-0.2, -0.15) is 0 Å². The number of methoxy groups -OCH3 is 1. The molecule has 1 saturated heterocycles. The van der Waals surface area contributed by atoms with Crippen LogP contribution in [-0.4, -0.2) is 62.4 Å². The Bertz CT molecular complexity index is 1010. The van der Waals surface area contributed by atoms with Crippen LogP contribution in [0.15, 0.2) is 53.6 Å². The lowest BCUT2D eigenvalue weighted by atomic mass is 9.87. The Hall–Kier alpha value is -2.97. The number of amides is 1. The third-order valence-corrected chi connectivity index (χ3v) is 6.34. The number of nitrogens with one attached hydrogen (secondary N) is 1. The highest BCUT2D eigenvalue weighted by Crippen LogP contribution is 2.36. The molecular formula is C24H28FN5O3. The van der Waals surface area contributed by atoms with Gasteiger partial charge in [0, 0.05) is 31.2 Å². The van der Waals surface area contributed by atoms with Crippen molar-refractivity contribution >= 4 is 5.91 Å². The lowest BCUT2D eigenvalue weighted by Crippen LogP contribution is -2.54. The van der Waals surface area contributed by atoms with Gasteiger partial charge < -0.3 is 19.7 Å². The molecule has 4 rings (SSSR count). The van der Waals surface area contributed by atoms with E-state index in [9.17, 15) is 9.18 Å². The monoisotopic (exact) mass is 453 g/mol. The van der Waals surface area contributed by atoms with Crippen LogP contribution in [0.25, 0.3) is 10.4 Å². The first-order chi connectivity index (χ1) is 16.1. The Kier molecular flexibility index (Phi) is 7.57. The Balaban J connectivity index is 1.57. The van der Waals surface area contributed by atoms with E-state index < -0.39 is 12.1 Å². The molecule has 174 valence electrons. The van der Waals surface area contributed by atoms with Crippen molar-refractivity contribution in [3.8, 4) is 0 Å². The van der Waals surface area contributed by atoms with Gasteiger partial charge in [0.05, 0.1) is 25.3 Å². The maximum absolute atomic E-state index is 13.7. The van der Waals surface area contributed by atoms with Gasteiger partial charge in [0.15, 0.2) is 0 Å². The summed E-state index contributed by atoms with van der Waals surface area (Å²) in [6, 6.07) is 13.4. The van der Waals surface area contributed by atoms with Crippen molar-refractivity contribution in [2.75, 3.05) is 33.4 Å². The molecule has 0 unspecified atom stereocenters. The van der Waals surface area contributed by atoms with Gasteiger partial charge in [-0.1, -0.05) is 41.5 Å². The molecule has 33 heavy (non-hydrogen) atoms. The number of azide groups is 1. The highest BCUT2D eigenvalue weighted by atomic mass is 19.1. The van der Waals surface area contributed by atoms with Gasteiger partial charge in [0.2, 0.25) is 0 Å². The van der Waals surface area contributed by atoms with Crippen LogP contribution in [0.2, 0.25) is 0 Å². The van der Waals surface area contributed by atoms with Crippen LogP contribution in [0.4, 0.5) is 4.39 Å². The fraction of sp³-hybridized carbons (Fsp3) is 0.458. The first kappa shape index (κ1) is 23.2. The van der Waals surface area contributed by atoms with Crippen molar-refractivity contribution < 1.29 is 18.7 Å². The summed E-state index contributed by atoms with van der Waals surface area (Å²) in [6.07, 6.45) is 0.309. The summed E-state index contributed by atoms with van der Waals surface area (Å²) in [5, 5.41) is 7.20. The third kappa shape index (κ3) is 5.17. The molecule has 0 saturated carbocycles. The molecule has 8 nitrogen and oxygen atoms in total. The van der Waals surface area contributed by atoms with E-state index in [4.69, 9.17) is 15.0 Å². The molecule has 2 aliphatic rings. The standard InChI is InChI=1S/C24H28FN5O3/c1-32-13-11-27-21-15-33-22(14-20(21)28-29-26)24(31)30-12-10-16-4-2-3-5-19(16)23(30)17-6-8-18(25)9-7-17/h2-9,20-23,27H,10-15H2,1H3/t20-,21+,22+,23-/m0/s1. The fourth-order valence-corrected chi connectivity index (χ4v) is 4.68. The van der Waals surface area contributed by atoms with Crippen LogP contribution < -0.4 is 5.32 Å². The second-order valence-electron chi connectivity index (χ2n) is 8.32. The lowest BCUT2D eigenvalue weighted by molar-refractivity contribution is -0.150. The topological polar surface area (TPSA) is 99.6 Å². The smallest absolute Gasteiger partial charge is 0.252 e. The summed E-state index contributed by atoms with van der Waals surface area (Å²) in [4.78, 5) is 18.5. The maximum atomic E-state index is 13.7. The lowest BCUT2D eigenvalue weighted by Gasteiger charge is -2.41. The molecule has 2 aliphatic heterocycles. The van der Waals surface area contributed by atoms with Crippen molar-refractivity contribution in [2.45, 2.75) is 37.1 Å². The van der Waals surface area contributed by atoms with Crippen molar-refractivity contribution in [2.24, 2.45) is 5.11 Å². The van der Waals surface area contributed by atoms with Gasteiger partial charge in [0.25, 0.3) is 5.91 Å². The largest absolute Gasteiger partial charge is 0.383 e. The summed E-state index contributed by atoms with van der Waals surface area (Å²) in [5.74, 6) is -0.465. The number of nitrogens with zero attached hydrogens (tertiary/aromatic N) is 4. The van der Waals surface area contributed by atoms with Crippen LogP contribution in [0.5, 0.6) is 0 Å². The average Bonchev–Trinajstić information content (AvgIpc) is 2.84. The molecule has 1 N–H and O–H groups in total. The number of hydrogen-bond acceptors (Lipinski definition) is 5. The second kappa shape index (κ2) is 10.8. The minimum absolute atomic E-state index is 0.146. The van der Waals surface area contributed by atoms with E-state index in [2.05, 4.69) is 21.4 Å². The van der Waals surface area contributed by atoms with Crippen molar-refractivity contribution in [3.05, 3.63) is 81.5 Å². The number of hydrogen-bond donors (Lipinski definition) is 1. The van der Waals surface area contributed by atoms with Crippen LogP contribution in [0.3, 0.4) is 0 Å². The first-order valence-corrected chi connectivity index (χ1v) is 11.1. The molecule has 4 atom stereocenters. The predicted molar refractivity (Wildman–Crippen MR) is 121 cm³/mol. The summed E-state index contributed by atoms with van der Waals surface area (Å²) in [6.45, 7) is 1.90. The normalized spacial score (nSPS) is 24.6. The Morgan fingerprint density at radius 3 is 2.85 bits per heavy atom. The zero-order chi connectivity index (χ0) is 23.2. The van der Waals surface area contributed by atoms with Gasteiger partial charge in [-0.25, -0.2) is 4.39 Å². The molecule has 0 bridgehead atoms. The van der Waals surface area contributed by atoms with Gasteiger partial charge in [-0.15, -0.1) is 0 Å². The zero-order valence-electron chi connectivity index (χ0n) is 18.6. The van der Waals surface area contributed by atoms with Gasteiger partial charge in [-0.05, 0) is 47.2 Å². The summed E-state index contributed by atoms with van der Waals surface area (Å²) in [5.41, 5.74) is 12.1. The van der Waals surface area contributed by atoms with Crippen molar-refractivity contribution in [3.63, 3.8) is 0 Å². The Labute approximate surface area is 192 Å². The second-order valence-corrected chi connectivity index (χ2v) is 8.32. The Morgan fingerprint density at radius 2 is 2.09 bits per heavy atom. The third-order valence-electron chi connectivity index (χ3n) is 6.34. The summed E-state index contributed by atoms with van der Waals surface area (Å²) in [7, 11) is 1.62. The molecule has 9 heteroatoms. The molecule has 0 radical (unpaired) electrons. The number of ether oxygens (including phenoxy) is 2. The number of carbonyl (C=O) groups is 1. The molecule has 2 aromatic rings. The van der Waals surface area contributed by atoms with E-state index in [0.29, 0.717) is 26.1 Å². The number of carbonyl (C=O) groups excluding carboxylic acids is 1. The average molecular weight is 454 g/mol. The summed E-state index contributed by atoms with van der Waals surface area (Å²) < 4.78 is 24.6. The highest BCUT2D eigenvalue weighted by molar-refractivity contribution is 5.82. The highest BCUT2D eigenvalue weighted by Gasteiger charge is 2.40. The van der Waals surface area contributed by atoms with Gasteiger partial charge >= 0.3 is 0 Å². The SMILES string of the molecule is COCCN[C@@H]1CO[C@@H](C(=O)N2CCc3ccccc3[C@@H]2c2ccc(F)cc2)C[C@@H]1N=[N+]=[N-]. The van der Waals surface area contributed by atoms with Gasteiger partial charge in [0.1, 0.15) is 11.9 Å². The molecule has 0 spiro atoms. The number of fused-ring (bicyclic) bond motifs is 1. The molecule has 0 aliphatic carbocycles. The van der Waals surface area contributed by atoms with E-state index in [0.717, 1.165) is 17.5 Å². The maximum Gasteiger partial charge on any atom is 0.252 e. The Morgan fingerprint density at radius 1 is 1.30 bits per heavy atom. The van der Waals surface area contributed by atoms with E-state index >= 15 is 0 Å². The van der Waals surface area contributed by atoms with Crippen LogP contribution >= 0.6 is 0 Å². The number of rotatable bonds is 7. The summed E-state index contributed by atoms with van der Waals surface area (Å²) >= 11 is 0. The molecule has 2 heterocycles. The van der Waals surface area contributed by atoms with Gasteiger partial charge in [-0.3, -0.25) is 4.79 Å². The minimum Gasteiger partial charge on any atom is -0.383 e. The van der Waals surface area contributed by atoms with E-state index in [1.165, 1.54) is 17.7 Å². The van der Waals surface area contributed by atoms with Crippen molar-refractivity contribution in [1.82, 2.24) is 10.2 Å². The zero-order valence-corrected chi connectivity index (χ0v) is 18.6. The van der Waals surface area contributed by atoms with Crippen LogP contribution in [0.1, 0.15) is 29.2 Å². The van der Waals surface area contributed by atoms with E-state index in [1.54, 1.807) is 19.2 Å². The van der Waals surface area contributed by atoms with Crippen molar-refractivity contribution in [1.29, 1.82) is 0 Å². The van der Waals surface area contributed by atoms with E-state index in [1.807, 2.05) is 23.1 Å². The number of benzene rings is 2. The number of halogens is 1. The van der Waals surface area contributed by atoms with E-state index in [-0.39, 0.29) is 30.4 Å². The quantitative estimate of drug-likeness (QED) is 0.301. The molecule has 2 aromatic carbocycles. The fourth-order valence-electron chi connectivity index (χ4n) is 4.68. The molecule has 0 aromatic heterocycles. The molecule has 1 amide bonds. The predicted octanol–water partition coefficient (Wildman–Crippen LogP) is 3.37. The molecule has 1 fully saturated rings. The van der Waals surface area contributed by atoms with Crippen LogP contribution in [-0.2, 0) is 20.7 Å². The first-order valence-electron chi connectivity index (χ1n) is 11.1.